The first-order chi connectivity index (χ1) is 2.91. The van der Waals surface area contributed by atoms with E-state index in [4.69, 9.17) is 0 Å². The van der Waals surface area contributed by atoms with Crippen molar-refractivity contribution >= 4 is 10.2 Å². The molecule has 0 N–H and O–H groups in total. The average molecular weight is 93.2 g/mol. The van der Waals surface area contributed by atoms with Crippen molar-refractivity contribution in [1.29, 1.82) is 0 Å². The average Bonchev–Trinajstić information content (AvgIpc) is 1.61. The fourth-order valence-corrected chi connectivity index (χ4v) is 0.225. The van der Waals surface area contributed by atoms with Crippen LogP contribution in [0.1, 0.15) is 6.42 Å². The summed E-state index contributed by atoms with van der Waals surface area (Å²) in [5.41, 5.74) is 2.55. The molecule has 0 aliphatic rings. The van der Waals surface area contributed by atoms with Crippen molar-refractivity contribution in [2.24, 2.45) is 0 Å². The van der Waals surface area contributed by atoms with Gasteiger partial charge >= 0.3 is 0 Å². The van der Waals surface area contributed by atoms with Gasteiger partial charge in [0.1, 0.15) is 10.2 Å². The van der Waals surface area contributed by atoms with E-state index in [1.54, 1.807) is 6.08 Å². The van der Waals surface area contributed by atoms with Gasteiger partial charge in [-0.15, -0.1) is 18.0 Å². The lowest BCUT2D eigenvalue weighted by molar-refractivity contribution is 1.49. The van der Waals surface area contributed by atoms with E-state index < -0.39 is 0 Å². The Labute approximate surface area is 41.7 Å². The van der Waals surface area contributed by atoms with Crippen molar-refractivity contribution in [3.05, 3.63) is 12.7 Å². The van der Waals surface area contributed by atoms with Crippen LogP contribution < -0.4 is 0 Å². The normalized spacial score (nSPS) is 5.50. The van der Waals surface area contributed by atoms with E-state index in [0.717, 1.165) is 6.42 Å². The molecule has 0 saturated carbocycles. The van der Waals surface area contributed by atoms with E-state index in [1.807, 2.05) is 0 Å². The third-order valence-corrected chi connectivity index (χ3v) is 0.512. The Balaban J connectivity index is 3.00. The van der Waals surface area contributed by atoms with Gasteiger partial charge in [0, 0.05) is 6.42 Å². The molecule has 0 aromatic heterocycles. The van der Waals surface area contributed by atoms with Gasteiger partial charge in [0.05, 0.1) is 0 Å². The molecule has 0 aromatic rings. The van der Waals surface area contributed by atoms with Gasteiger partial charge in [-0.2, -0.15) is 0 Å². The molecule has 29 valence electrons. The smallest absolute Gasteiger partial charge is 0.138 e. The second kappa shape index (κ2) is 4.52. The summed E-state index contributed by atoms with van der Waals surface area (Å²) in [6.45, 7) is 3.47. The van der Waals surface area contributed by atoms with Crippen LogP contribution in [-0.2, 0) is 0 Å². The fraction of sp³-hybridized carbons (Fsp3) is 0.200. The molecular weight excluding hydrogens is 88.1 g/mol. The van der Waals surface area contributed by atoms with E-state index >= 15 is 0 Å². The molecule has 6 heavy (non-hydrogen) atoms. The number of hydrogen-bond donors (Lipinski definition) is 0. The first-order valence-corrected chi connectivity index (χ1v) is 2.17. The Hall–Kier alpha value is -0.483. The molecule has 0 saturated heterocycles. The predicted octanol–water partition coefficient (Wildman–Crippen LogP) is 0.692. The molecule has 0 aromatic carbocycles. The highest BCUT2D eigenvalue weighted by atomic mass is 28.1. The zero-order valence-electron chi connectivity index (χ0n) is 3.49. The molecule has 3 radical (unpaired) electrons. The van der Waals surface area contributed by atoms with Crippen LogP contribution in [0.2, 0.25) is 0 Å². The van der Waals surface area contributed by atoms with Crippen LogP contribution in [0.5, 0.6) is 0 Å². The minimum absolute atomic E-state index is 0.767. The van der Waals surface area contributed by atoms with Gasteiger partial charge in [-0.05, 0) is 0 Å². The minimum atomic E-state index is 0.767. The van der Waals surface area contributed by atoms with E-state index in [9.17, 15) is 0 Å². The fourth-order valence-electron chi connectivity index (χ4n) is 0.123. The maximum Gasteiger partial charge on any atom is 0.147 e. The lowest BCUT2D eigenvalue weighted by Crippen LogP contribution is -1.53. The zero-order valence-corrected chi connectivity index (χ0v) is 4.49. The predicted molar refractivity (Wildman–Crippen MR) is 28.3 cm³/mol. The number of allylic oxidation sites excluding steroid dienone is 1. The first kappa shape index (κ1) is 5.52. The largest absolute Gasteiger partial charge is 0.147 e. The highest BCUT2D eigenvalue weighted by Crippen LogP contribution is 1.69. The third-order valence-electron chi connectivity index (χ3n) is 0.335. The van der Waals surface area contributed by atoms with Gasteiger partial charge in [0.25, 0.3) is 0 Å². The Morgan fingerprint density at radius 3 is 2.67 bits per heavy atom. The highest BCUT2D eigenvalue weighted by molar-refractivity contribution is 6.22. The van der Waals surface area contributed by atoms with Crippen LogP contribution in [-0.4, -0.2) is 10.2 Å². The molecule has 0 heterocycles. The Bertz CT molecular complexity index is 83.8. The summed E-state index contributed by atoms with van der Waals surface area (Å²) >= 11 is 0. The maximum absolute atomic E-state index is 3.47. The zero-order chi connectivity index (χ0) is 4.83. The Morgan fingerprint density at radius 2 is 2.50 bits per heavy atom. The van der Waals surface area contributed by atoms with Gasteiger partial charge in [0.2, 0.25) is 0 Å². The second-order valence-electron chi connectivity index (χ2n) is 0.795. The lowest BCUT2D eigenvalue weighted by atomic mass is 10.5. The van der Waals surface area contributed by atoms with Crippen LogP contribution >= 0.6 is 0 Å². The van der Waals surface area contributed by atoms with Gasteiger partial charge in [-0.25, -0.2) is 0 Å². The molecule has 0 amide bonds. The molecule has 0 spiro atoms. The van der Waals surface area contributed by atoms with Crippen molar-refractivity contribution in [2.75, 3.05) is 0 Å². The lowest BCUT2D eigenvalue weighted by Gasteiger charge is -1.64. The maximum atomic E-state index is 3.47. The van der Waals surface area contributed by atoms with Gasteiger partial charge in [-0.3, -0.25) is 0 Å². The summed E-state index contributed by atoms with van der Waals surface area (Å²) in [6, 6.07) is 0. The molecular formula is C5H5Si. The van der Waals surface area contributed by atoms with E-state index in [1.165, 1.54) is 0 Å². The molecule has 0 fully saturated rings. The monoisotopic (exact) mass is 93.0 g/mol. The third kappa shape index (κ3) is 3.52. The second-order valence-corrected chi connectivity index (χ2v) is 1.04. The van der Waals surface area contributed by atoms with Crippen LogP contribution in [0.4, 0.5) is 0 Å². The molecule has 0 atom stereocenters. The molecule has 0 rings (SSSR count). The number of hydrogen-bond acceptors (Lipinski definition) is 0. The quantitative estimate of drug-likeness (QED) is 0.254. The summed E-state index contributed by atoms with van der Waals surface area (Å²) in [5, 5.41) is 0. The summed E-state index contributed by atoms with van der Waals surface area (Å²) in [4.78, 5) is 0. The Morgan fingerprint density at radius 1 is 1.83 bits per heavy atom. The molecule has 0 aliphatic carbocycles. The van der Waals surface area contributed by atoms with Crippen molar-refractivity contribution < 1.29 is 0 Å². The molecule has 1 heteroatoms. The van der Waals surface area contributed by atoms with Crippen LogP contribution in [0, 0.1) is 11.5 Å². The van der Waals surface area contributed by atoms with E-state index in [-0.39, 0.29) is 0 Å². The summed E-state index contributed by atoms with van der Waals surface area (Å²) in [5.74, 6) is 2.74. The molecule has 0 aliphatic heterocycles. The van der Waals surface area contributed by atoms with E-state index in [2.05, 4.69) is 28.3 Å². The SMILES string of the molecule is C=CCC#C[Si]. The van der Waals surface area contributed by atoms with Gasteiger partial charge in [0.15, 0.2) is 0 Å². The Kier molecular flexibility index (Phi) is 4.15. The molecule has 0 bridgehead atoms. The van der Waals surface area contributed by atoms with Gasteiger partial charge < -0.3 is 0 Å². The van der Waals surface area contributed by atoms with Crippen molar-refractivity contribution in [2.45, 2.75) is 6.42 Å². The molecule has 0 unspecified atom stereocenters. The van der Waals surface area contributed by atoms with Crippen molar-refractivity contribution in [3.63, 3.8) is 0 Å². The summed E-state index contributed by atoms with van der Waals surface area (Å²) < 4.78 is 0. The van der Waals surface area contributed by atoms with Crippen molar-refractivity contribution in [1.82, 2.24) is 0 Å². The standard InChI is InChI=1S/C5H5Si/c1-2-3-4-5-6/h2H,1,3H2. The van der Waals surface area contributed by atoms with Crippen LogP contribution in [0.3, 0.4) is 0 Å². The first-order valence-electron chi connectivity index (χ1n) is 1.67. The van der Waals surface area contributed by atoms with Crippen LogP contribution in [0.15, 0.2) is 12.7 Å². The summed E-state index contributed by atoms with van der Waals surface area (Å²) in [6.07, 6.45) is 2.52. The molecule has 0 nitrogen and oxygen atoms in total. The summed E-state index contributed by atoms with van der Waals surface area (Å²) in [7, 11) is 2.98. The van der Waals surface area contributed by atoms with Crippen molar-refractivity contribution in [3.8, 4) is 11.5 Å². The highest BCUT2D eigenvalue weighted by Gasteiger charge is 1.55. The van der Waals surface area contributed by atoms with Gasteiger partial charge in [-0.1, -0.05) is 6.08 Å². The minimum Gasteiger partial charge on any atom is -0.138 e. The van der Waals surface area contributed by atoms with E-state index in [0.29, 0.717) is 0 Å². The van der Waals surface area contributed by atoms with Crippen LogP contribution in [0.25, 0.3) is 0 Å². The topological polar surface area (TPSA) is 0 Å². The number of rotatable bonds is 1.